The summed E-state index contributed by atoms with van der Waals surface area (Å²) in [6.45, 7) is 3.63. The molecule has 0 spiro atoms. The van der Waals surface area contributed by atoms with Crippen molar-refractivity contribution < 1.29 is 17.9 Å². The summed E-state index contributed by atoms with van der Waals surface area (Å²) in [5.74, 6) is -1.15. The molecule has 0 fully saturated rings. The van der Waals surface area contributed by atoms with Crippen LogP contribution in [0.25, 0.3) is 11.1 Å². The van der Waals surface area contributed by atoms with Gasteiger partial charge in [0.1, 0.15) is 5.82 Å². The van der Waals surface area contributed by atoms with E-state index in [1.165, 1.54) is 22.8 Å². The Morgan fingerprint density at radius 3 is 2.55 bits per heavy atom. The number of aromatic hydroxyl groups is 1. The van der Waals surface area contributed by atoms with Crippen LogP contribution in [0.1, 0.15) is 60.4 Å². The predicted molar refractivity (Wildman–Crippen MR) is 146 cm³/mol. The highest BCUT2D eigenvalue weighted by molar-refractivity contribution is 7.91. The van der Waals surface area contributed by atoms with Crippen LogP contribution in [0.3, 0.4) is 0 Å². The van der Waals surface area contributed by atoms with Crippen LogP contribution in [0.15, 0.2) is 69.2 Å². The minimum Gasteiger partial charge on any atom is -0.492 e. The minimum absolute atomic E-state index is 0.190. The van der Waals surface area contributed by atoms with E-state index < -0.39 is 38.2 Å². The van der Waals surface area contributed by atoms with Crippen molar-refractivity contribution in [2.45, 2.75) is 61.8 Å². The summed E-state index contributed by atoms with van der Waals surface area (Å²) in [5, 5.41) is 20.4. The van der Waals surface area contributed by atoms with Crippen molar-refractivity contribution in [2.24, 2.45) is 0 Å². The molecule has 0 amide bonds. The largest absolute Gasteiger partial charge is 0.492 e. The number of pyridine rings is 1. The van der Waals surface area contributed by atoms with Gasteiger partial charge in [0.05, 0.1) is 22.6 Å². The van der Waals surface area contributed by atoms with E-state index in [1.54, 1.807) is 37.3 Å². The zero-order valence-corrected chi connectivity index (χ0v) is 22.9. The minimum atomic E-state index is -4.47. The standard InChI is InChI=1S/C30H27FN4O4S/c1-3-4-8-27-34-29(36)28(30(37)35(27)25-15-13-23-20(17-32)6-5-7-24(23)25)40(38,39)21-11-9-19(10-12-21)22-14-16-26(31)33-18(22)2/h5-7,9-12,14,16,25,36H,3-4,8,13,15H2,1-2H3/t25-/m0/s1. The quantitative estimate of drug-likeness (QED) is 0.315. The Balaban J connectivity index is 1.63. The third-order valence-corrected chi connectivity index (χ3v) is 9.14. The van der Waals surface area contributed by atoms with Gasteiger partial charge in [0.25, 0.3) is 5.56 Å². The first-order valence-corrected chi connectivity index (χ1v) is 14.5. The summed E-state index contributed by atoms with van der Waals surface area (Å²) in [6.07, 6.45) is 2.94. The third-order valence-electron chi connectivity index (χ3n) is 7.35. The lowest BCUT2D eigenvalue weighted by Gasteiger charge is -2.21. The summed E-state index contributed by atoms with van der Waals surface area (Å²) in [7, 11) is -4.47. The molecule has 204 valence electrons. The Kier molecular flexibility index (Phi) is 7.25. The molecule has 0 bridgehead atoms. The highest BCUT2D eigenvalue weighted by atomic mass is 32.2. The van der Waals surface area contributed by atoms with Crippen LogP contribution in [-0.4, -0.2) is 28.1 Å². The molecule has 0 saturated carbocycles. The van der Waals surface area contributed by atoms with Gasteiger partial charge in [-0.1, -0.05) is 37.6 Å². The zero-order chi connectivity index (χ0) is 28.6. The van der Waals surface area contributed by atoms with Crippen molar-refractivity contribution in [3.63, 3.8) is 0 Å². The highest BCUT2D eigenvalue weighted by Gasteiger charge is 2.34. The molecular formula is C30H27FN4O4S. The molecule has 0 aliphatic heterocycles. The van der Waals surface area contributed by atoms with Crippen LogP contribution in [0.2, 0.25) is 0 Å². The van der Waals surface area contributed by atoms with E-state index in [4.69, 9.17) is 0 Å². The lowest BCUT2D eigenvalue weighted by molar-refractivity contribution is 0.408. The molecule has 1 aliphatic rings. The SMILES string of the molecule is CCCCc1nc(O)c(S(=O)(=O)c2ccc(-c3ccc(F)nc3C)cc2)c(=O)n1[C@H]1CCc2c(C#N)cccc21. The summed E-state index contributed by atoms with van der Waals surface area (Å²) >= 11 is 0. The molecule has 2 aromatic heterocycles. The second-order valence-corrected chi connectivity index (χ2v) is 11.7. The topological polar surface area (TPSA) is 126 Å². The molecule has 0 radical (unpaired) electrons. The van der Waals surface area contributed by atoms with Crippen molar-refractivity contribution in [3.05, 3.63) is 99.1 Å². The van der Waals surface area contributed by atoms with Crippen LogP contribution in [0.4, 0.5) is 4.39 Å². The average molecular weight is 559 g/mol. The molecule has 10 heteroatoms. The molecule has 8 nitrogen and oxygen atoms in total. The number of aryl methyl sites for hydroxylation is 2. The van der Waals surface area contributed by atoms with Crippen molar-refractivity contribution in [3.8, 4) is 23.1 Å². The first-order chi connectivity index (χ1) is 19.2. The molecule has 2 heterocycles. The summed E-state index contributed by atoms with van der Waals surface area (Å²) in [6, 6.07) is 15.5. The molecule has 1 aliphatic carbocycles. The van der Waals surface area contributed by atoms with Gasteiger partial charge in [-0.05, 0) is 73.2 Å². The van der Waals surface area contributed by atoms with Crippen LogP contribution in [0.5, 0.6) is 5.88 Å². The number of halogens is 1. The summed E-state index contributed by atoms with van der Waals surface area (Å²) in [5.41, 5.74) is 2.99. The maximum atomic E-state index is 14.0. The van der Waals surface area contributed by atoms with Gasteiger partial charge in [0.2, 0.25) is 21.7 Å². The van der Waals surface area contributed by atoms with E-state index in [-0.39, 0.29) is 4.90 Å². The average Bonchev–Trinajstić information content (AvgIpc) is 3.35. The van der Waals surface area contributed by atoms with Crippen LogP contribution in [0, 0.1) is 24.2 Å². The molecule has 4 aromatic rings. The van der Waals surface area contributed by atoms with Crippen molar-refractivity contribution in [1.82, 2.24) is 14.5 Å². The van der Waals surface area contributed by atoms with Gasteiger partial charge in [-0.2, -0.15) is 14.6 Å². The van der Waals surface area contributed by atoms with E-state index in [0.29, 0.717) is 53.9 Å². The Bertz CT molecular complexity index is 1830. The number of fused-ring (bicyclic) bond motifs is 1. The van der Waals surface area contributed by atoms with E-state index in [1.807, 2.05) is 13.0 Å². The number of aromatic nitrogens is 3. The number of nitrogens with zero attached hydrogens (tertiary/aromatic N) is 4. The lowest BCUT2D eigenvalue weighted by atomic mass is 10.0. The normalized spacial score (nSPS) is 14.6. The maximum absolute atomic E-state index is 14.0. The smallest absolute Gasteiger partial charge is 0.277 e. The van der Waals surface area contributed by atoms with Gasteiger partial charge < -0.3 is 5.11 Å². The molecular weight excluding hydrogens is 531 g/mol. The Morgan fingerprint density at radius 2 is 1.88 bits per heavy atom. The lowest BCUT2D eigenvalue weighted by Crippen LogP contribution is -2.33. The van der Waals surface area contributed by atoms with Crippen molar-refractivity contribution in [2.75, 3.05) is 0 Å². The molecule has 2 aromatic carbocycles. The molecule has 5 rings (SSSR count). The van der Waals surface area contributed by atoms with Gasteiger partial charge in [-0.3, -0.25) is 9.36 Å². The highest BCUT2D eigenvalue weighted by Crippen LogP contribution is 2.37. The fourth-order valence-corrected chi connectivity index (χ4v) is 6.73. The fourth-order valence-electron chi connectivity index (χ4n) is 5.39. The number of hydrogen-bond donors (Lipinski definition) is 1. The number of benzene rings is 2. The zero-order valence-electron chi connectivity index (χ0n) is 22.1. The first-order valence-electron chi connectivity index (χ1n) is 13.0. The van der Waals surface area contributed by atoms with Gasteiger partial charge in [-0.25, -0.2) is 13.4 Å². The molecule has 0 saturated heterocycles. The monoisotopic (exact) mass is 558 g/mol. The van der Waals surface area contributed by atoms with Gasteiger partial charge in [-0.15, -0.1) is 0 Å². The second kappa shape index (κ2) is 10.7. The van der Waals surface area contributed by atoms with Crippen molar-refractivity contribution in [1.29, 1.82) is 5.26 Å². The summed E-state index contributed by atoms with van der Waals surface area (Å²) in [4.78, 5) is 21.1. The Labute approximate surface area is 231 Å². The van der Waals surface area contributed by atoms with E-state index in [9.17, 15) is 28.0 Å². The fraction of sp³-hybridized carbons (Fsp3) is 0.267. The van der Waals surface area contributed by atoms with E-state index in [0.717, 1.165) is 17.5 Å². The molecule has 0 unspecified atom stereocenters. The third kappa shape index (κ3) is 4.67. The Morgan fingerprint density at radius 1 is 1.12 bits per heavy atom. The number of unbranched alkanes of at least 4 members (excludes halogenated alkanes) is 1. The van der Waals surface area contributed by atoms with Crippen molar-refractivity contribution >= 4 is 9.84 Å². The molecule has 1 atom stereocenters. The Hall–Kier alpha value is -4.36. The van der Waals surface area contributed by atoms with E-state index >= 15 is 0 Å². The maximum Gasteiger partial charge on any atom is 0.277 e. The first kappa shape index (κ1) is 27.2. The molecule has 1 N–H and O–H groups in total. The van der Waals surface area contributed by atoms with Gasteiger partial charge in [0.15, 0.2) is 4.90 Å². The second-order valence-electron chi connectivity index (χ2n) is 9.79. The number of sulfone groups is 1. The van der Waals surface area contributed by atoms with Crippen LogP contribution in [-0.2, 0) is 22.7 Å². The van der Waals surface area contributed by atoms with E-state index in [2.05, 4.69) is 16.0 Å². The van der Waals surface area contributed by atoms with Crippen LogP contribution < -0.4 is 5.56 Å². The van der Waals surface area contributed by atoms with Gasteiger partial charge in [0, 0.05) is 17.7 Å². The summed E-state index contributed by atoms with van der Waals surface area (Å²) < 4.78 is 42.3. The van der Waals surface area contributed by atoms with Crippen LogP contribution >= 0.6 is 0 Å². The van der Waals surface area contributed by atoms with Gasteiger partial charge >= 0.3 is 0 Å². The predicted octanol–water partition coefficient (Wildman–Crippen LogP) is 5.04. The molecule has 40 heavy (non-hydrogen) atoms. The number of hydrogen-bond acceptors (Lipinski definition) is 7. The number of rotatable bonds is 7. The number of nitriles is 1.